The van der Waals surface area contributed by atoms with Crippen molar-refractivity contribution in [1.82, 2.24) is 15.5 Å². The van der Waals surface area contributed by atoms with Gasteiger partial charge in [-0.3, -0.25) is 4.99 Å². The lowest BCUT2D eigenvalue weighted by molar-refractivity contribution is 0.180. The number of methoxy groups -OCH3 is 1. The van der Waals surface area contributed by atoms with Crippen molar-refractivity contribution < 1.29 is 4.74 Å². The first-order valence-corrected chi connectivity index (χ1v) is 7.84. The maximum absolute atomic E-state index is 5.06. The Labute approximate surface area is 157 Å². The molecule has 0 aliphatic heterocycles. The van der Waals surface area contributed by atoms with Gasteiger partial charge in [0.15, 0.2) is 5.96 Å². The lowest BCUT2D eigenvalue weighted by atomic mass is 10.1. The smallest absolute Gasteiger partial charge is 0.191 e. The number of benzene rings is 1. The van der Waals surface area contributed by atoms with Gasteiger partial charge in [-0.1, -0.05) is 24.3 Å². The Balaban J connectivity index is 0.00000484. The molecule has 0 unspecified atom stereocenters. The number of ether oxygens (including phenoxy) is 1. The Morgan fingerprint density at radius 1 is 1.22 bits per heavy atom. The van der Waals surface area contributed by atoms with E-state index in [9.17, 15) is 0 Å². The lowest BCUT2D eigenvalue weighted by Gasteiger charge is -2.18. The van der Waals surface area contributed by atoms with Crippen molar-refractivity contribution in [3.8, 4) is 0 Å². The molecular formula is C17H31IN4O. The van der Waals surface area contributed by atoms with Crippen molar-refractivity contribution in [2.24, 2.45) is 4.99 Å². The van der Waals surface area contributed by atoms with Gasteiger partial charge in [-0.25, -0.2) is 0 Å². The zero-order valence-corrected chi connectivity index (χ0v) is 17.1. The molecule has 132 valence electrons. The molecule has 1 aromatic carbocycles. The van der Waals surface area contributed by atoms with Crippen LogP contribution in [0.15, 0.2) is 29.3 Å². The summed E-state index contributed by atoms with van der Waals surface area (Å²) in [6.07, 6.45) is 1.06. The van der Waals surface area contributed by atoms with Crippen LogP contribution in [0.3, 0.4) is 0 Å². The van der Waals surface area contributed by atoms with Crippen LogP contribution in [0.1, 0.15) is 17.5 Å². The SMILES string of the molecule is CN=C(NCCN(C)CCCOC)NCc1ccccc1C.I. The Kier molecular flexibility index (Phi) is 13.1. The molecule has 0 saturated heterocycles. The molecule has 0 radical (unpaired) electrons. The van der Waals surface area contributed by atoms with Gasteiger partial charge in [0.25, 0.3) is 0 Å². The Bertz CT molecular complexity index is 454. The molecule has 0 atom stereocenters. The summed E-state index contributed by atoms with van der Waals surface area (Å²) in [6, 6.07) is 8.39. The number of hydrogen-bond acceptors (Lipinski definition) is 3. The third-order valence-corrected chi connectivity index (χ3v) is 3.61. The van der Waals surface area contributed by atoms with Crippen LogP contribution in [0, 0.1) is 6.92 Å². The minimum Gasteiger partial charge on any atom is -0.385 e. The molecular weight excluding hydrogens is 403 g/mol. The third-order valence-electron chi connectivity index (χ3n) is 3.61. The van der Waals surface area contributed by atoms with Crippen LogP contribution in [0.5, 0.6) is 0 Å². The summed E-state index contributed by atoms with van der Waals surface area (Å²) in [5.41, 5.74) is 2.59. The molecule has 0 aliphatic carbocycles. The number of nitrogens with zero attached hydrogens (tertiary/aromatic N) is 2. The second kappa shape index (κ2) is 13.6. The fraction of sp³-hybridized carbons (Fsp3) is 0.588. The Morgan fingerprint density at radius 2 is 1.96 bits per heavy atom. The first-order valence-electron chi connectivity index (χ1n) is 7.84. The van der Waals surface area contributed by atoms with Gasteiger partial charge in [0.1, 0.15) is 0 Å². The maximum Gasteiger partial charge on any atom is 0.191 e. The first-order chi connectivity index (χ1) is 10.7. The number of likely N-dealkylation sites (N-methyl/N-ethyl adjacent to an activating group) is 1. The van der Waals surface area contributed by atoms with Crippen LogP contribution < -0.4 is 10.6 Å². The van der Waals surface area contributed by atoms with Gasteiger partial charge in [-0.2, -0.15) is 0 Å². The van der Waals surface area contributed by atoms with Crippen LogP contribution >= 0.6 is 24.0 Å². The molecule has 1 aromatic rings. The van der Waals surface area contributed by atoms with Gasteiger partial charge in [0, 0.05) is 46.9 Å². The van der Waals surface area contributed by atoms with Gasteiger partial charge < -0.3 is 20.3 Å². The number of aryl methyl sites for hydroxylation is 1. The second-order valence-electron chi connectivity index (χ2n) is 5.43. The predicted octanol–water partition coefficient (Wildman–Crippen LogP) is 2.25. The molecule has 0 amide bonds. The third kappa shape index (κ3) is 9.78. The van der Waals surface area contributed by atoms with Gasteiger partial charge in [0.2, 0.25) is 0 Å². The maximum atomic E-state index is 5.06. The van der Waals surface area contributed by atoms with E-state index in [4.69, 9.17) is 4.74 Å². The molecule has 2 N–H and O–H groups in total. The molecule has 0 aliphatic rings. The second-order valence-corrected chi connectivity index (χ2v) is 5.43. The lowest BCUT2D eigenvalue weighted by Crippen LogP contribution is -2.40. The van der Waals surface area contributed by atoms with Crippen molar-refractivity contribution in [2.75, 3.05) is 47.4 Å². The van der Waals surface area contributed by atoms with Gasteiger partial charge in [-0.05, 0) is 31.5 Å². The van der Waals surface area contributed by atoms with E-state index in [1.807, 2.05) is 0 Å². The van der Waals surface area contributed by atoms with Crippen molar-refractivity contribution >= 4 is 29.9 Å². The summed E-state index contributed by atoms with van der Waals surface area (Å²) >= 11 is 0. The van der Waals surface area contributed by atoms with Crippen LogP contribution in [0.2, 0.25) is 0 Å². The van der Waals surface area contributed by atoms with E-state index in [0.29, 0.717) is 0 Å². The van der Waals surface area contributed by atoms with Crippen LogP contribution in [0.25, 0.3) is 0 Å². The zero-order chi connectivity index (χ0) is 16.2. The highest BCUT2D eigenvalue weighted by Crippen LogP contribution is 2.05. The summed E-state index contributed by atoms with van der Waals surface area (Å²) in [5.74, 6) is 0.841. The Hall–Kier alpha value is -0.860. The van der Waals surface area contributed by atoms with Crippen molar-refractivity contribution in [1.29, 1.82) is 0 Å². The van der Waals surface area contributed by atoms with E-state index in [1.54, 1.807) is 14.2 Å². The molecule has 0 heterocycles. The summed E-state index contributed by atoms with van der Waals surface area (Å²) in [4.78, 5) is 6.55. The minimum absolute atomic E-state index is 0. The highest BCUT2D eigenvalue weighted by atomic mass is 127. The quantitative estimate of drug-likeness (QED) is 0.271. The molecule has 0 aromatic heterocycles. The number of hydrogen-bond donors (Lipinski definition) is 2. The van der Waals surface area contributed by atoms with E-state index < -0.39 is 0 Å². The predicted molar refractivity (Wildman–Crippen MR) is 109 cm³/mol. The number of nitrogens with one attached hydrogen (secondary N) is 2. The molecule has 0 saturated carbocycles. The Morgan fingerprint density at radius 3 is 2.61 bits per heavy atom. The highest BCUT2D eigenvalue weighted by molar-refractivity contribution is 14.0. The zero-order valence-electron chi connectivity index (χ0n) is 14.8. The van der Waals surface area contributed by atoms with Crippen LogP contribution in [0.4, 0.5) is 0 Å². The molecule has 0 spiro atoms. The topological polar surface area (TPSA) is 48.9 Å². The van der Waals surface area contributed by atoms with E-state index in [2.05, 4.69) is 58.8 Å². The first kappa shape index (κ1) is 22.1. The summed E-state index contributed by atoms with van der Waals surface area (Å²) < 4.78 is 5.06. The molecule has 6 heteroatoms. The van der Waals surface area contributed by atoms with Gasteiger partial charge in [-0.15, -0.1) is 24.0 Å². The number of halogens is 1. The molecule has 1 rings (SSSR count). The van der Waals surface area contributed by atoms with Crippen molar-refractivity contribution in [2.45, 2.75) is 19.9 Å². The standard InChI is InChI=1S/C17H30N4O.HI/c1-15-8-5-6-9-16(15)14-20-17(18-2)19-10-12-21(3)11-7-13-22-4;/h5-6,8-9H,7,10-14H2,1-4H3,(H2,18,19,20);1H. The molecule has 0 fully saturated rings. The highest BCUT2D eigenvalue weighted by Gasteiger charge is 2.02. The summed E-state index contributed by atoms with van der Waals surface area (Å²) in [5, 5.41) is 6.70. The van der Waals surface area contributed by atoms with E-state index in [0.717, 1.165) is 45.2 Å². The van der Waals surface area contributed by atoms with Crippen molar-refractivity contribution in [3.05, 3.63) is 35.4 Å². The monoisotopic (exact) mass is 434 g/mol. The summed E-state index contributed by atoms with van der Waals surface area (Å²) in [6.45, 7) is 6.63. The number of aliphatic imine (C=N–C) groups is 1. The van der Waals surface area contributed by atoms with E-state index >= 15 is 0 Å². The van der Waals surface area contributed by atoms with Gasteiger partial charge >= 0.3 is 0 Å². The fourth-order valence-corrected chi connectivity index (χ4v) is 2.16. The molecule has 5 nitrogen and oxygen atoms in total. The average Bonchev–Trinajstić information content (AvgIpc) is 2.52. The molecule has 23 heavy (non-hydrogen) atoms. The number of rotatable bonds is 9. The van der Waals surface area contributed by atoms with Gasteiger partial charge in [0.05, 0.1) is 0 Å². The largest absolute Gasteiger partial charge is 0.385 e. The minimum atomic E-state index is 0. The van der Waals surface area contributed by atoms with Crippen LogP contribution in [-0.2, 0) is 11.3 Å². The fourth-order valence-electron chi connectivity index (χ4n) is 2.16. The average molecular weight is 434 g/mol. The summed E-state index contributed by atoms with van der Waals surface area (Å²) in [7, 11) is 5.67. The van der Waals surface area contributed by atoms with Crippen molar-refractivity contribution in [3.63, 3.8) is 0 Å². The van der Waals surface area contributed by atoms with E-state index in [1.165, 1.54) is 11.1 Å². The van der Waals surface area contributed by atoms with Crippen LogP contribution in [-0.4, -0.2) is 58.3 Å². The molecule has 0 bridgehead atoms. The number of guanidine groups is 1. The van der Waals surface area contributed by atoms with E-state index in [-0.39, 0.29) is 24.0 Å². The normalized spacial score (nSPS) is 11.3.